The van der Waals surface area contributed by atoms with Gasteiger partial charge in [-0.05, 0) is 182 Å². The Morgan fingerprint density at radius 2 is 1.13 bits per heavy atom. The van der Waals surface area contributed by atoms with E-state index in [1.165, 1.54) is 12.1 Å². The molecule has 0 saturated heterocycles. The number of carbonyl (C=O) groups excluding carboxylic acids is 2. The highest BCUT2D eigenvalue weighted by molar-refractivity contribution is 14.1. The van der Waals surface area contributed by atoms with Crippen LogP contribution in [0, 0.1) is 44.3 Å². The van der Waals surface area contributed by atoms with E-state index in [0.717, 1.165) is 48.9 Å². The quantitative estimate of drug-likeness (QED) is 0.0534. The fourth-order valence-corrected chi connectivity index (χ4v) is 6.48. The number of nitrogens with zero attached hydrogens (tertiary/aromatic N) is 2. The number of carbonyl (C=O) groups is 2. The van der Waals surface area contributed by atoms with Gasteiger partial charge in [-0.1, -0.05) is 0 Å². The summed E-state index contributed by atoms with van der Waals surface area (Å²) < 4.78 is 58.5. The largest absolute Gasteiger partial charge is 0.352 e. The van der Waals surface area contributed by atoms with Crippen LogP contribution in [0.1, 0.15) is 43.8 Å². The van der Waals surface area contributed by atoms with Crippen molar-refractivity contribution in [3.8, 4) is 0 Å². The standard InChI is InChI=1S/C21H18F2IN3O.C19H22F2IN3O/c1-13-12-15(24)2-5-18(13)27-20-16(3-4-17(22)19(20)23)21(28)26-11-8-14-6-9-25-10-7-14;1-12-11-13(22)5-8-16(12)24-18-14(6-7-15(20)17(18)21)19(26)23-9-4-10-25(2)3/h2-7,9-10,12,27H,8,11H2,1H3,(H,26,28);5-8,11,24H,4,9-10H2,1-3H3,(H,23,26). The Morgan fingerprint density at radius 3 is 1.57 bits per heavy atom. The predicted octanol–water partition coefficient (Wildman–Crippen LogP) is 9.29. The highest BCUT2D eigenvalue weighted by Gasteiger charge is 2.21. The molecule has 0 saturated carbocycles. The van der Waals surface area contributed by atoms with Crippen LogP contribution >= 0.6 is 45.2 Å². The van der Waals surface area contributed by atoms with Gasteiger partial charge in [0.1, 0.15) is 0 Å². The van der Waals surface area contributed by atoms with Gasteiger partial charge in [-0.15, -0.1) is 0 Å². The fourth-order valence-electron chi connectivity index (χ4n) is 5.19. The molecule has 2 amide bonds. The van der Waals surface area contributed by atoms with Gasteiger partial charge < -0.3 is 26.2 Å². The summed E-state index contributed by atoms with van der Waals surface area (Å²) in [5, 5.41) is 11.3. The average Bonchev–Trinajstić information content (AvgIpc) is 3.13. The van der Waals surface area contributed by atoms with Crippen LogP contribution in [-0.2, 0) is 6.42 Å². The van der Waals surface area contributed by atoms with Crippen molar-refractivity contribution in [3.05, 3.63) is 143 Å². The summed E-state index contributed by atoms with van der Waals surface area (Å²) in [6.45, 7) is 5.37. The molecule has 0 radical (unpaired) electrons. The van der Waals surface area contributed by atoms with E-state index in [2.05, 4.69) is 71.4 Å². The topological polar surface area (TPSA) is 98.4 Å². The van der Waals surface area contributed by atoms with E-state index in [-0.39, 0.29) is 22.5 Å². The maximum atomic E-state index is 14.5. The van der Waals surface area contributed by atoms with E-state index in [1.807, 2.05) is 69.2 Å². The van der Waals surface area contributed by atoms with Gasteiger partial charge in [0.2, 0.25) is 0 Å². The smallest absolute Gasteiger partial charge is 0.253 e. The molecule has 0 unspecified atom stereocenters. The van der Waals surface area contributed by atoms with Crippen LogP contribution in [0.25, 0.3) is 0 Å². The zero-order valence-corrected chi connectivity index (χ0v) is 34.4. The first-order chi connectivity index (χ1) is 25.7. The monoisotopic (exact) mass is 966 g/mol. The first kappa shape index (κ1) is 42.5. The second-order valence-electron chi connectivity index (χ2n) is 12.5. The lowest BCUT2D eigenvalue weighted by atomic mass is 10.1. The second kappa shape index (κ2) is 20.4. The third-order valence-electron chi connectivity index (χ3n) is 8.09. The lowest BCUT2D eigenvalue weighted by Crippen LogP contribution is -2.28. The molecule has 14 heteroatoms. The van der Waals surface area contributed by atoms with Gasteiger partial charge in [-0.3, -0.25) is 14.6 Å². The first-order valence-electron chi connectivity index (χ1n) is 16.9. The van der Waals surface area contributed by atoms with Crippen LogP contribution in [0.2, 0.25) is 0 Å². The molecule has 0 aliphatic carbocycles. The molecule has 1 heterocycles. The Labute approximate surface area is 339 Å². The molecule has 5 aromatic rings. The van der Waals surface area contributed by atoms with Crippen molar-refractivity contribution in [2.24, 2.45) is 0 Å². The number of anilines is 4. The molecule has 0 spiro atoms. The molecular formula is C40H40F4I2N6O2. The lowest BCUT2D eigenvalue weighted by molar-refractivity contribution is 0.0945. The molecule has 284 valence electrons. The highest BCUT2D eigenvalue weighted by atomic mass is 127. The molecular weight excluding hydrogens is 926 g/mol. The van der Waals surface area contributed by atoms with Crippen LogP contribution in [0.15, 0.2) is 85.2 Å². The Hall–Kier alpha value is -4.29. The van der Waals surface area contributed by atoms with E-state index in [4.69, 9.17) is 0 Å². The summed E-state index contributed by atoms with van der Waals surface area (Å²) in [5.74, 6) is -5.07. The normalized spacial score (nSPS) is 10.7. The number of pyridine rings is 1. The minimum Gasteiger partial charge on any atom is -0.352 e. The minimum absolute atomic E-state index is 0.0478. The molecule has 0 aliphatic heterocycles. The van der Waals surface area contributed by atoms with Crippen LogP contribution in [-0.4, -0.2) is 55.4 Å². The van der Waals surface area contributed by atoms with Crippen molar-refractivity contribution in [2.75, 3.05) is 44.4 Å². The van der Waals surface area contributed by atoms with Crippen LogP contribution in [0.5, 0.6) is 0 Å². The van der Waals surface area contributed by atoms with E-state index in [1.54, 1.807) is 24.5 Å². The highest BCUT2D eigenvalue weighted by Crippen LogP contribution is 2.30. The lowest BCUT2D eigenvalue weighted by Gasteiger charge is -2.16. The third kappa shape index (κ3) is 12.1. The predicted molar refractivity (Wildman–Crippen MR) is 223 cm³/mol. The van der Waals surface area contributed by atoms with Crippen molar-refractivity contribution < 1.29 is 27.2 Å². The molecule has 4 N–H and O–H groups in total. The van der Waals surface area contributed by atoms with Crippen molar-refractivity contribution in [3.63, 3.8) is 0 Å². The number of benzene rings is 4. The molecule has 54 heavy (non-hydrogen) atoms. The van der Waals surface area contributed by atoms with Gasteiger partial charge in [0.15, 0.2) is 23.3 Å². The van der Waals surface area contributed by atoms with Crippen molar-refractivity contribution >= 4 is 79.7 Å². The number of aryl methyl sites for hydroxylation is 2. The third-order valence-corrected chi connectivity index (χ3v) is 9.43. The average molecular weight is 967 g/mol. The number of aromatic nitrogens is 1. The zero-order chi connectivity index (χ0) is 39.4. The van der Waals surface area contributed by atoms with Gasteiger partial charge in [0.25, 0.3) is 11.8 Å². The Bertz CT molecular complexity index is 2090. The molecule has 1 aromatic heterocycles. The van der Waals surface area contributed by atoms with Gasteiger partial charge in [-0.25, -0.2) is 17.6 Å². The number of hydrogen-bond acceptors (Lipinski definition) is 6. The van der Waals surface area contributed by atoms with E-state index in [0.29, 0.717) is 30.9 Å². The van der Waals surface area contributed by atoms with Crippen LogP contribution in [0.3, 0.4) is 0 Å². The first-order valence-corrected chi connectivity index (χ1v) is 19.0. The number of rotatable bonds is 13. The zero-order valence-electron chi connectivity index (χ0n) is 30.1. The van der Waals surface area contributed by atoms with Gasteiger partial charge in [0, 0.05) is 44.0 Å². The Balaban J connectivity index is 0.000000241. The Morgan fingerprint density at radius 1 is 0.667 bits per heavy atom. The Kier molecular flexibility index (Phi) is 16.0. The van der Waals surface area contributed by atoms with Crippen molar-refractivity contribution in [2.45, 2.75) is 26.7 Å². The molecule has 0 bridgehead atoms. The van der Waals surface area contributed by atoms with Crippen molar-refractivity contribution in [1.29, 1.82) is 0 Å². The maximum absolute atomic E-state index is 14.5. The molecule has 4 aromatic carbocycles. The summed E-state index contributed by atoms with van der Waals surface area (Å²) in [5.41, 5.74) is 3.78. The molecule has 0 aliphatic rings. The molecule has 5 rings (SSSR count). The summed E-state index contributed by atoms with van der Waals surface area (Å²) in [6.07, 6.45) is 4.73. The van der Waals surface area contributed by atoms with Crippen molar-refractivity contribution in [1.82, 2.24) is 20.5 Å². The SMILES string of the molecule is Cc1cc(I)ccc1Nc1c(C(=O)NCCCN(C)C)ccc(F)c1F.Cc1cc(I)ccc1Nc1c(C(=O)NCCc2ccncc2)ccc(F)c1F. The number of nitrogens with one attached hydrogen (secondary N) is 4. The molecule has 0 atom stereocenters. The summed E-state index contributed by atoms with van der Waals surface area (Å²) >= 11 is 4.35. The van der Waals surface area contributed by atoms with E-state index in [9.17, 15) is 27.2 Å². The van der Waals surface area contributed by atoms with Gasteiger partial charge in [0.05, 0.1) is 22.5 Å². The number of amides is 2. The molecule has 8 nitrogen and oxygen atoms in total. The van der Waals surface area contributed by atoms with E-state index >= 15 is 0 Å². The maximum Gasteiger partial charge on any atom is 0.253 e. The summed E-state index contributed by atoms with van der Waals surface area (Å²) in [4.78, 5) is 31.0. The fraction of sp³-hybridized carbons (Fsp3) is 0.225. The van der Waals surface area contributed by atoms with Gasteiger partial charge >= 0.3 is 0 Å². The van der Waals surface area contributed by atoms with Crippen LogP contribution < -0.4 is 21.3 Å². The van der Waals surface area contributed by atoms with Crippen LogP contribution in [0.4, 0.5) is 40.3 Å². The number of hydrogen-bond donors (Lipinski definition) is 4. The second-order valence-corrected chi connectivity index (χ2v) is 15.0. The summed E-state index contributed by atoms with van der Waals surface area (Å²) in [7, 11) is 3.89. The molecule has 0 fully saturated rings. The number of halogens is 6. The van der Waals surface area contributed by atoms with E-state index < -0.39 is 35.1 Å². The van der Waals surface area contributed by atoms with Gasteiger partial charge in [-0.2, -0.15) is 0 Å². The summed E-state index contributed by atoms with van der Waals surface area (Å²) in [6, 6.07) is 19.3. The minimum atomic E-state index is -1.08.